The predicted molar refractivity (Wildman–Crippen MR) is 67.8 cm³/mol. The normalized spacial score (nSPS) is 15.4. The van der Waals surface area contributed by atoms with Gasteiger partial charge in [0.05, 0.1) is 12.1 Å². The summed E-state index contributed by atoms with van der Waals surface area (Å²) in [5.41, 5.74) is 1.29. The number of aromatic hydroxyl groups is 1. The molecule has 0 saturated heterocycles. The fourth-order valence-corrected chi connectivity index (χ4v) is 1.63. The van der Waals surface area contributed by atoms with Gasteiger partial charge in [0.2, 0.25) is 0 Å². The van der Waals surface area contributed by atoms with Gasteiger partial charge in [0.25, 0.3) is 5.91 Å². The van der Waals surface area contributed by atoms with Crippen LogP contribution in [0.2, 0.25) is 0 Å². The van der Waals surface area contributed by atoms with E-state index < -0.39 is 0 Å². The Balaban J connectivity index is 1.87. The largest absolute Gasteiger partial charge is 0.510 e. The lowest BCUT2D eigenvalue weighted by molar-refractivity contribution is -0.116. The van der Waals surface area contributed by atoms with Crippen LogP contribution in [-0.2, 0) is 11.2 Å². The van der Waals surface area contributed by atoms with Crippen LogP contribution in [0.3, 0.4) is 0 Å². The van der Waals surface area contributed by atoms with Crippen molar-refractivity contribution in [2.75, 3.05) is 13.1 Å². The maximum atomic E-state index is 11.2. The summed E-state index contributed by atoms with van der Waals surface area (Å²) in [7, 11) is 0. The number of aliphatic hydroxyl groups is 1. The number of amides is 1. The number of rotatable bonds is 4. The van der Waals surface area contributed by atoms with Crippen molar-refractivity contribution in [3.63, 3.8) is 0 Å². The van der Waals surface area contributed by atoms with Crippen molar-refractivity contribution < 1.29 is 15.0 Å². The third-order valence-corrected chi connectivity index (χ3v) is 2.66. The van der Waals surface area contributed by atoms with E-state index in [0.29, 0.717) is 13.0 Å². The maximum absolute atomic E-state index is 11.2. The van der Waals surface area contributed by atoms with E-state index in [1.54, 1.807) is 12.1 Å². The Morgan fingerprint density at radius 2 is 2.00 bits per heavy atom. The van der Waals surface area contributed by atoms with Gasteiger partial charge >= 0.3 is 0 Å². The molecule has 0 radical (unpaired) electrons. The number of hydrogen-bond donors (Lipinski definition) is 3. The number of aliphatic hydroxyl groups excluding tert-OH is 1. The molecule has 0 unspecified atom stereocenters. The van der Waals surface area contributed by atoms with Crippen LogP contribution in [0, 0.1) is 0 Å². The molecule has 1 aliphatic rings. The molecule has 0 spiro atoms. The molecule has 94 valence electrons. The lowest BCUT2D eigenvalue weighted by Gasteiger charge is -1.98. The Hall–Kier alpha value is -2.30. The number of hydrogen-bond acceptors (Lipinski definition) is 4. The summed E-state index contributed by atoms with van der Waals surface area (Å²) < 4.78 is 0. The summed E-state index contributed by atoms with van der Waals surface area (Å²) in [5, 5.41) is 21.0. The van der Waals surface area contributed by atoms with Gasteiger partial charge in [-0.1, -0.05) is 12.1 Å². The molecule has 0 fully saturated rings. The molecule has 3 N–H and O–H groups in total. The van der Waals surface area contributed by atoms with Crippen LogP contribution in [0.25, 0.3) is 0 Å². The molecule has 0 aromatic heterocycles. The van der Waals surface area contributed by atoms with Gasteiger partial charge in [-0.2, -0.15) is 0 Å². The van der Waals surface area contributed by atoms with E-state index in [1.807, 2.05) is 12.1 Å². The monoisotopic (exact) mass is 246 g/mol. The van der Waals surface area contributed by atoms with Crippen LogP contribution in [-0.4, -0.2) is 35.4 Å². The van der Waals surface area contributed by atoms with Gasteiger partial charge in [0.1, 0.15) is 11.5 Å². The number of carbonyl (C=O) groups is 1. The zero-order valence-electron chi connectivity index (χ0n) is 9.76. The van der Waals surface area contributed by atoms with Gasteiger partial charge in [0, 0.05) is 12.8 Å². The van der Waals surface area contributed by atoms with Crippen LogP contribution >= 0.6 is 0 Å². The first-order chi connectivity index (χ1) is 8.66. The molecule has 5 heteroatoms. The second-order valence-corrected chi connectivity index (χ2v) is 3.99. The van der Waals surface area contributed by atoms with Gasteiger partial charge in [0.15, 0.2) is 0 Å². The minimum atomic E-state index is -0.291. The van der Waals surface area contributed by atoms with E-state index in [1.165, 1.54) is 6.21 Å². The van der Waals surface area contributed by atoms with E-state index in [0.717, 1.165) is 5.56 Å². The molecule has 0 bridgehead atoms. The minimum absolute atomic E-state index is 0.0355. The number of aliphatic imine (C=N–C) groups is 1. The molecule has 0 aliphatic carbocycles. The molecular weight excluding hydrogens is 232 g/mol. The number of nitrogens with zero attached hydrogens (tertiary/aromatic N) is 1. The van der Waals surface area contributed by atoms with E-state index in [4.69, 9.17) is 5.11 Å². The second kappa shape index (κ2) is 5.35. The van der Waals surface area contributed by atoms with E-state index >= 15 is 0 Å². The van der Waals surface area contributed by atoms with Gasteiger partial charge in [-0.05, 0) is 24.1 Å². The molecule has 5 nitrogen and oxygen atoms in total. The molecule has 1 aromatic rings. The van der Waals surface area contributed by atoms with Crippen molar-refractivity contribution in [1.82, 2.24) is 5.32 Å². The quantitative estimate of drug-likeness (QED) is 0.692. The van der Waals surface area contributed by atoms with E-state index in [9.17, 15) is 9.90 Å². The average molecular weight is 246 g/mol. The first-order valence-corrected chi connectivity index (χ1v) is 5.65. The topological polar surface area (TPSA) is 81.9 Å². The first kappa shape index (κ1) is 12.2. The van der Waals surface area contributed by atoms with Gasteiger partial charge < -0.3 is 15.5 Å². The molecule has 0 saturated carbocycles. The summed E-state index contributed by atoms with van der Waals surface area (Å²) in [6.07, 6.45) is 2.12. The van der Waals surface area contributed by atoms with Crippen molar-refractivity contribution in [3.05, 3.63) is 41.2 Å². The smallest absolute Gasteiger partial charge is 0.256 e. The highest BCUT2D eigenvalue weighted by Gasteiger charge is 2.19. The van der Waals surface area contributed by atoms with Crippen molar-refractivity contribution in [2.45, 2.75) is 6.42 Å². The van der Waals surface area contributed by atoms with Crippen LogP contribution in [0.1, 0.15) is 5.56 Å². The van der Waals surface area contributed by atoms with E-state index in [-0.39, 0.29) is 29.5 Å². The maximum Gasteiger partial charge on any atom is 0.256 e. The first-order valence-electron chi connectivity index (χ1n) is 5.65. The molecule has 1 aromatic carbocycles. The average Bonchev–Trinajstić information content (AvgIpc) is 2.68. The minimum Gasteiger partial charge on any atom is -0.510 e. The molecular formula is C13H14N2O3. The van der Waals surface area contributed by atoms with Crippen molar-refractivity contribution in [2.24, 2.45) is 4.99 Å². The van der Waals surface area contributed by atoms with Crippen LogP contribution in [0.4, 0.5) is 0 Å². The standard InChI is InChI=1S/C13H14N2O3/c16-10-3-1-9(2-4-10)5-6-14-7-11-12(17)8-15-13(11)18/h1-4,7,16-17H,5-6,8H2,(H,15,18). The highest BCUT2D eigenvalue weighted by molar-refractivity contribution is 6.14. The Morgan fingerprint density at radius 3 is 2.61 bits per heavy atom. The fraction of sp³-hybridized carbons (Fsp3) is 0.231. The van der Waals surface area contributed by atoms with Crippen molar-refractivity contribution >= 4 is 12.1 Å². The second-order valence-electron chi connectivity index (χ2n) is 3.99. The Bertz CT molecular complexity index is 503. The highest BCUT2D eigenvalue weighted by Crippen LogP contribution is 2.10. The number of benzene rings is 1. The summed E-state index contributed by atoms with van der Waals surface area (Å²) in [5.74, 6) is -0.0192. The SMILES string of the molecule is O=C1NCC(O)=C1C=NCCc1ccc(O)cc1. The van der Waals surface area contributed by atoms with Gasteiger partial charge in [-0.15, -0.1) is 0 Å². The number of nitrogens with one attached hydrogen (secondary N) is 1. The van der Waals surface area contributed by atoms with Crippen molar-refractivity contribution in [3.8, 4) is 5.75 Å². The van der Waals surface area contributed by atoms with E-state index in [2.05, 4.69) is 10.3 Å². The van der Waals surface area contributed by atoms with Crippen LogP contribution in [0.15, 0.2) is 40.6 Å². The molecule has 1 amide bonds. The number of phenolic OH excluding ortho intramolecular Hbond substituents is 1. The fourth-order valence-electron chi connectivity index (χ4n) is 1.63. The van der Waals surface area contributed by atoms with Gasteiger partial charge in [-0.3, -0.25) is 9.79 Å². The third-order valence-electron chi connectivity index (χ3n) is 2.66. The zero-order chi connectivity index (χ0) is 13.0. The highest BCUT2D eigenvalue weighted by atomic mass is 16.3. The number of phenols is 1. The summed E-state index contributed by atoms with van der Waals surface area (Å²) in [6.45, 7) is 0.701. The Morgan fingerprint density at radius 1 is 1.28 bits per heavy atom. The van der Waals surface area contributed by atoms with Crippen molar-refractivity contribution in [1.29, 1.82) is 0 Å². The van der Waals surface area contributed by atoms with Crippen LogP contribution < -0.4 is 5.32 Å². The molecule has 2 rings (SSSR count). The number of carbonyl (C=O) groups excluding carboxylic acids is 1. The molecule has 0 atom stereocenters. The lowest BCUT2D eigenvalue weighted by atomic mass is 10.1. The summed E-state index contributed by atoms with van der Waals surface area (Å²) in [6, 6.07) is 6.89. The lowest BCUT2D eigenvalue weighted by Crippen LogP contribution is -2.17. The third kappa shape index (κ3) is 2.88. The van der Waals surface area contributed by atoms with Gasteiger partial charge in [-0.25, -0.2) is 0 Å². The predicted octanol–water partition coefficient (Wildman–Crippen LogP) is 0.947. The Kier molecular flexibility index (Phi) is 3.62. The van der Waals surface area contributed by atoms with Crippen LogP contribution in [0.5, 0.6) is 5.75 Å². The molecule has 1 heterocycles. The molecule has 1 aliphatic heterocycles. The zero-order valence-corrected chi connectivity index (χ0v) is 9.76. The summed E-state index contributed by atoms with van der Waals surface area (Å²) in [4.78, 5) is 15.3. The Labute approximate surface area is 104 Å². The molecule has 18 heavy (non-hydrogen) atoms. The summed E-state index contributed by atoms with van der Waals surface area (Å²) >= 11 is 0.